The van der Waals surface area contributed by atoms with Crippen molar-refractivity contribution in [2.75, 3.05) is 0 Å². The minimum absolute atomic E-state index is 0.00480. The van der Waals surface area contributed by atoms with Gasteiger partial charge in [-0.1, -0.05) is 45.4 Å². The van der Waals surface area contributed by atoms with E-state index >= 15 is 0 Å². The molecule has 4 unspecified atom stereocenters. The molecule has 25 heavy (non-hydrogen) atoms. The van der Waals surface area contributed by atoms with Gasteiger partial charge < -0.3 is 9.47 Å². The van der Waals surface area contributed by atoms with Crippen LogP contribution in [0.25, 0.3) is 0 Å². The first kappa shape index (κ1) is 20.3. The fraction of sp³-hybridized carbons (Fsp3) is 0.727. The average molecular weight is 348 g/mol. The summed E-state index contributed by atoms with van der Waals surface area (Å²) in [6.07, 6.45) is 4.78. The van der Waals surface area contributed by atoms with Crippen LogP contribution < -0.4 is 10.1 Å². The van der Waals surface area contributed by atoms with Gasteiger partial charge in [0.1, 0.15) is 5.75 Å². The van der Waals surface area contributed by atoms with Crippen LogP contribution in [0.3, 0.4) is 0 Å². The maximum Gasteiger partial charge on any atom is 0.155 e. The molecule has 0 bridgehead atoms. The second kappa shape index (κ2) is 9.05. The van der Waals surface area contributed by atoms with E-state index in [1.54, 1.807) is 0 Å². The zero-order chi connectivity index (χ0) is 18.6. The molecule has 2 rings (SSSR count). The fourth-order valence-electron chi connectivity index (χ4n) is 3.91. The second-order valence-electron chi connectivity index (χ2n) is 7.74. The molecule has 1 aliphatic rings. The summed E-state index contributed by atoms with van der Waals surface area (Å²) < 4.78 is 13.0. The molecular weight excluding hydrogens is 310 g/mol. The highest BCUT2D eigenvalue weighted by atomic mass is 16.5. The quantitative estimate of drug-likeness (QED) is 0.739. The first-order valence-corrected chi connectivity index (χ1v) is 10.1. The molecule has 1 fully saturated rings. The monoisotopic (exact) mass is 347 g/mol. The standard InChI is InChI=1S/C22H37NO2/c1-8-18-12-14(4)11-15(5)21(18)25-22-17(7)20(13-16(6)23-22)24-19(9-2)10-3/h11-12,16-17,19-20,22-23H,8-10,13H2,1-7H3. The van der Waals surface area contributed by atoms with Gasteiger partial charge in [-0.05, 0) is 57.6 Å². The SMILES string of the molecule is CCc1cc(C)cc(C)c1OC1NC(C)CC(OC(CC)CC)C1C. The topological polar surface area (TPSA) is 30.5 Å². The highest BCUT2D eigenvalue weighted by molar-refractivity contribution is 5.44. The molecule has 1 aliphatic heterocycles. The number of aryl methyl sites for hydroxylation is 3. The van der Waals surface area contributed by atoms with Crippen LogP contribution in [0.1, 0.15) is 70.6 Å². The molecule has 3 nitrogen and oxygen atoms in total. The van der Waals surface area contributed by atoms with Crippen molar-refractivity contribution in [1.82, 2.24) is 5.32 Å². The molecule has 0 saturated carbocycles. The number of ether oxygens (including phenoxy) is 2. The van der Waals surface area contributed by atoms with Gasteiger partial charge >= 0.3 is 0 Å². The minimum atomic E-state index is -0.00480. The predicted molar refractivity (Wildman–Crippen MR) is 105 cm³/mol. The van der Waals surface area contributed by atoms with Gasteiger partial charge in [-0.3, -0.25) is 5.32 Å². The van der Waals surface area contributed by atoms with Crippen molar-refractivity contribution < 1.29 is 9.47 Å². The third-order valence-electron chi connectivity index (χ3n) is 5.50. The van der Waals surface area contributed by atoms with Gasteiger partial charge in [-0.25, -0.2) is 0 Å². The Morgan fingerprint density at radius 3 is 2.40 bits per heavy atom. The van der Waals surface area contributed by atoms with E-state index in [-0.39, 0.29) is 12.3 Å². The van der Waals surface area contributed by atoms with Crippen LogP contribution in [0.4, 0.5) is 0 Å². The molecule has 1 heterocycles. The van der Waals surface area contributed by atoms with Gasteiger partial charge in [-0.15, -0.1) is 0 Å². The second-order valence-corrected chi connectivity index (χ2v) is 7.74. The van der Waals surface area contributed by atoms with Crippen LogP contribution in [-0.2, 0) is 11.2 Å². The lowest BCUT2D eigenvalue weighted by atomic mass is 9.91. The Hall–Kier alpha value is -1.06. The minimum Gasteiger partial charge on any atom is -0.474 e. The Morgan fingerprint density at radius 2 is 1.80 bits per heavy atom. The Bertz CT molecular complexity index is 553. The molecule has 0 aromatic heterocycles. The Morgan fingerprint density at radius 1 is 1.12 bits per heavy atom. The van der Waals surface area contributed by atoms with Gasteiger partial charge in [0, 0.05) is 12.0 Å². The summed E-state index contributed by atoms with van der Waals surface area (Å²) >= 11 is 0. The number of benzene rings is 1. The highest BCUT2D eigenvalue weighted by Gasteiger charge is 2.36. The molecule has 0 amide bonds. The van der Waals surface area contributed by atoms with Gasteiger partial charge in [0.05, 0.1) is 12.2 Å². The molecule has 4 atom stereocenters. The van der Waals surface area contributed by atoms with E-state index in [1.165, 1.54) is 16.7 Å². The molecule has 0 aliphatic carbocycles. The van der Waals surface area contributed by atoms with Crippen molar-refractivity contribution in [2.24, 2.45) is 5.92 Å². The maximum absolute atomic E-state index is 6.53. The zero-order valence-corrected chi connectivity index (χ0v) is 17.2. The third-order valence-corrected chi connectivity index (χ3v) is 5.50. The van der Waals surface area contributed by atoms with Gasteiger partial charge in [-0.2, -0.15) is 0 Å². The Balaban J connectivity index is 2.18. The average Bonchev–Trinajstić information content (AvgIpc) is 2.58. The molecule has 1 N–H and O–H groups in total. The number of piperidine rings is 1. The van der Waals surface area contributed by atoms with Crippen molar-refractivity contribution in [3.63, 3.8) is 0 Å². The molecule has 0 spiro atoms. The smallest absolute Gasteiger partial charge is 0.155 e. The first-order chi connectivity index (χ1) is 11.9. The number of nitrogens with one attached hydrogen (secondary N) is 1. The van der Waals surface area contributed by atoms with Gasteiger partial charge in [0.25, 0.3) is 0 Å². The summed E-state index contributed by atoms with van der Waals surface area (Å²) in [5.74, 6) is 1.37. The number of rotatable bonds is 7. The van der Waals surface area contributed by atoms with Gasteiger partial charge in [0.2, 0.25) is 0 Å². The van der Waals surface area contributed by atoms with E-state index in [1.807, 2.05) is 0 Å². The van der Waals surface area contributed by atoms with Crippen LogP contribution in [0.2, 0.25) is 0 Å². The van der Waals surface area contributed by atoms with Crippen LogP contribution >= 0.6 is 0 Å². The van der Waals surface area contributed by atoms with E-state index in [0.29, 0.717) is 18.1 Å². The molecule has 3 heteroatoms. The predicted octanol–water partition coefficient (Wildman–Crippen LogP) is 5.16. The van der Waals surface area contributed by atoms with E-state index in [2.05, 4.69) is 65.9 Å². The van der Waals surface area contributed by atoms with Crippen LogP contribution in [0.5, 0.6) is 5.75 Å². The summed E-state index contributed by atoms with van der Waals surface area (Å²) in [6, 6.07) is 4.86. The highest BCUT2D eigenvalue weighted by Crippen LogP contribution is 2.31. The van der Waals surface area contributed by atoms with Crippen molar-refractivity contribution in [1.29, 1.82) is 0 Å². The van der Waals surface area contributed by atoms with E-state index < -0.39 is 0 Å². The summed E-state index contributed by atoms with van der Waals surface area (Å²) in [6.45, 7) is 15.4. The van der Waals surface area contributed by atoms with Crippen molar-refractivity contribution >= 4 is 0 Å². The van der Waals surface area contributed by atoms with E-state index in [0.717, 1.165) is 31.4 Å². The third kappa shape index (κ3) is 4.98. The molecule has 0 radical (unpaired) electrons. The van der Waals surface area contributed by atoms with Crippen molar-refractivity contribution in [3.8, 4) is 5.75 Å². The van der Waals surface area contributed by atoms with Crippen molar-refractivity contribution in [3.05, 3.63) is 28.8 Å². The number of hydrogen-bond acceptors (Lipinski definition) is 3. The normalized spacial score (nSPS) is 26.9. The fourth-order valence-corrected chi connectivity index (χ4v) is 3.91. The van der Waals surface area contributed by atoms with Crippen LogP contribution in [-0.4, -0.2) is 24.5 Å². The van der Waals surface area contributed by atoms with Crippen LogP contribution in [0, 0.1) is 19.8 Å². The van der Waals surface area contributed by atoms with E-state index in [9.17, 15) is 0 Å². The number of hydrogen-bond donors (Lipinski definition) is 1. The largest absolute Gasteiger partial charge is 0.474 e. The molecule has 1 aromatic carbocycles. The molecule has 1 aromatic rings. The molecule has 1 saturated heterocycles. The Labute approximate surface area is 154 Å². The lowest BCUT2D eigenvalue weighted by molar-refractivity contribution is -0.101. The van der Waals surface area contributed by atoms with Gasteiger partial charge in [0.15, 0.2) is 6.23 Å². The summed E-state index contributed by atoms with van der Waals surface area (Å²) in [5.41, 5.74) is 3.82. The summed E-state index contributed by atoms with van der Waals surface area (Å²) in [4.78, 5) is 0. The Kier molecular flexibility index (Phi) is 7.33. The van der Waals surface area contributed by atoms with Crippen molar-refractivity contribution in [2.45, 2.75) is 98.6 Å². The first-order valence-electron chi connectivity index (χ1n) is 10.1. The molecule has 142 valence electrons. The lowest BCUT2D eigenvalue weighted by Gasteiger charge is -2.41. The molecular formula is C22H37NO2. The maximum atomic E-state index is 6.53. The zero-order valence-electron chi connectivity index (χ0n) is 17.2. The summed E-state index contributed by atoms with van der Waals surface area (Å²) in [7, 11) is 0. The summed E-state index contributed by atoms with van der Waals surface area (Å²) in [5, 5.41) is 3.64. The van der Waals surface area contributed by atoms with E-state index in [4.69, 9.17) is 9.47 Å². The van der Waals surface area contributed by atoms with Crippen LogP contribution in [0.15, 0.2) is 12.1 Å². The lowest BCUT2D eigenvalue weighted by Crippen LogP contribution is -2.55.